The highest BCUT2D eigenvalue weighted by Gasteiger charge is 2.10. The highest BCUT2D eigenvalue weighted by Crippen LogP contribution is 2.21. The topological polar surface area (TPSA) is 22.0 Å². The van der Waals surface area contributed by atoms with Crippen molar-refractivity contribution in [2.24, 2.45) is 0 Å². The summed E-state index contributed by atoms with van der Waals surface area (Å²) in [6.07, 6.45) is 1.10. The number of rotatable bonds is 1. The molecule has 1 aromatic carbocycles. The Balaban J connectivity index is 2.86. The van der Waals surface area contributed by atoms with Gasteiger partial charge in [0.15, 0.2) is 0 Å². The molecule has 78 valence electrons. The van der Waals surface area contributed by atoms with E-state index in [9.17, 15) is 13.6 Å². The van der Waals surface area contributed by atoms with Crippen molar-refractivity contribution < 1.29 is 8.78 Å². The van der Waals surface area contributed by atoms with E-state index < -0.39 is 12.1 Å². The van der Waals surface area contributed by atoms with E-state index in [-0.39, 0.29) is 5.39 Å². The monoisotopic (exact) mass is 273 g/mol. The largest absolute Gasteiger partial charge is 0.321 e. The van der Waals surface area contributed by atoms with Gasteiger partial charge in [0.05, 0.1) is 0 Å². The summed E-state index contributed by atoms with van der Waals surface area (Å²) in [4.78, 5) is 11.6. The molecule has 2 aromatic rings. The average Bonchev–Trinajstić information content (AvgIpc) is 2.19. The molecule has 5 heteroatoms. The zero-order valence-corrected chi connectivity index (χ0v) is 9.04. The molecule has 0 N–H and O–H groups in total. The van der Waals surface area contributed by atoms with Crippen LogP contribution in [0.4, 0.5) is 8.78 Å². The lowest BCUT2D eigenvalue weighted by atomic mass is 10.2. The fraction of sp³-hybridized carbons (Fsp3) is 0.100. The maximum atomic E-state index is 12.4. The minimum atomic E-state index is -2.80. The number of halogens is 3. The fourth-order valence-electron chi connectivity index (χ4n) is 1.41. The quantitative estimate of drug-likeness (QED) is 0.782. The summed E-state index contributed by atoms with van der Waals surface area (Å²) in [5, 5.41) is 0.923. The summed E-state index contributed by atoms with van der Waals surface area (Å²) in [6.45, 7) is -2.80. The molecule has 0 amide bonds. The third kappa shape index (κ3) is 1.67. The Hall–Kier alpha value is -1.23. The summed E-state index contributed by atoms with van der Waals surface area (Å²) in [7, 11) is 0. The number of pyridine rings is 1. The van der Waals surface area contributed by atoms with Crippen LogP contribution in [0.25, 0.3) is 10.8 Å². The first-order valence-corrected chi connectivity index (χ1v) is 4.98. The maximum absolute atomic E-state index is 12.4. The zero-order valence-electron chi connectivity index (χ0n) is 7.45. The van der Waals surface area contributed by atoms with Crippen LogP contribution in [0, 0.1) is 0 Å². The lowest BCUT2D eigenvalue weighted by Crippen LogP contribution is -2.19. The average molecular weight is 274 g/mol. The van der Waals surface area contributed by atoms with E-state index in [1.54, 1.807) is 12.1 Å². The standard InChI is InChI=1S/C10H6BrF2NO/c11-8-3-1-2-7-6(8)4-5-14(9(7)15)10(12)13/h1-5,10H. The van der Waals surface area contributed by atoms with Crippen LogP contribution in [0.5, 0.6) is 0 Å². The summed E-state index contributed by atoms with van der Waals surface area (Å²) < 4.78 is 25.9. The first-order chi connectivity index (χ1) is 7.11. The third-order valence-corrected chi connectivity index (χ3v) is 2.82. The molecule has 0 radical (unpaired) electrons. The van der Waals surface area contributed by atoms with E-state index in [0.29, 0.717) is 9.95 Å². The Kier molecular flexibility index (Phi) is 2.56. The van der Waals surface area contributed by atoms with Gasteiger partial charge in [0.2, 0.25) is 0 Å². The molecule has 0 saturated heterocycles. The molecular weight excluding hydrogens is 268 g/mol. The van der Waals surface area contributed by atoms with Gasteiger partial charge in [-0.3, -0.25) is 9.36 Å². The van der Waals surface area contributed by atoms with Crippen molar-refractivity contribution in [1.29, 1.82) is 0 Å². The minimum Gasteiger partial charge on any atom is -0.269 e. The molecule has 0 fully saturated rings. The molecule has 1 aromatic heterocycles. The Morgan fingerprint density at radius 1 is 1.20 bits per heavy atom. The van der Waals surface area contributed by atoms with Gasteiger partial charge in [-0.1, -0.05) is 22.0 Å². The van der Waals surface area contributed by atoms with Crippen LogP contribution >= 0.6 is 15.9 Å². The molecule has 0 bridgehead atoms. The summed E-state index contributed by atoms with van der Waals surface area (Å²) in [5.74, 6) is 0. The molecule has 2 nitrogen and oxygen atoms in total. The van der Waals surface area contributed by atoms with Gasteiger partial charge in [0.25, 0.3) is 5.56 Å². The number of fused-ring (bicyclic) bond motifs is 1. The van der Waals surface area contributed by atoms with Gasteiger partial charge in [-0.15, -0.1) is 0 Å². The van der Waals surface area contributed by atoms with Crippen LogP contribution in [0.1, 0.15) is 6.55 Å². The van der Waals surface area contributed by atoms with Crippen molar-refractivity contribution in [2.75, 3.05) is 0 Å². The molecule has 0 aliphatic carbocycles. The Bertz CT molecular complexity index is 565. The molecule has 0 saturated carbocycles. The molecule has 0 aliphatic heterocycles. The van der Waals surface area contributed by atoms with E-state index in [1.807, 2.05) is 0 Å². The summed E-state index contributed by atoms with van der Waals surface area (Å²) in [5.41, 5.74) is -0.677. The van der Waals surface area contributed by atoms with Crippen molar-refractivity contribution in [2.45, 2.75) is 6.55 Å². The Morgan fingerprint density at radius 3 is 2.60 bits per heavy atom. The lowest BCUT2D eigenvalue weighted by Gasteiger charge is -2.06. The Morgan fingerprint density at radius 2 is 1.93 bits per heavy atom. The summed E-state index contributed by atoms with van der Waals surface area (Å²) in [6, 6.07) is 6.42. The smallest absolute Gasteiger partial charge is 0.269 e. The molecule has 0 spiro atoms. The first kappa shape index (κ1) is 10.3. The van der Waals surface area contributed by atoms with Crippen LogP contribution in [0.3, 0.4) is 0 Å². The number of nitrogens with zero attached hydrogens (tertiary/aromatic N) is 1. The lowest BCUT2D eigenvalue weighted by molar-refractivity contribution is 0.0669. The zero-order chi connectivity index (χ0) is 11.0. The maximum Gasteiger partial charge on any atom is 0.321 e. The highest BCUT2D eigenvalue weighted by atomic mass is 79.9. The van der Waals surface area contributed by atoms with Gasteiger partial charge in [0, 0.05) is 21.4 Å². The molecule has 0 atom stereocenters. The third-order valence-electron chi connectivity index (χ3n) is 2.13. The van der Waals surface area contributed by atoms with Crippen LogP contribution in [-0.2, 0) is 0 Å². The van der Waals surface area contributed by atoms with Gasteiger partial charge < -0.3 is 0 Å². The fourth-order valence-corrected chi connectivity index (χ4v) is 1.91. The normalized spacial score (nSPS) is 11.2. The minimum absolute atomic E-state index is 0.284. The number of benzene rings is 1. The summed E-state index contributed by atoms with van der Waals surface area (Å²) >= 11 is 3.26. The van der Waals surface area contributed by atoms with Crippen molar-refractivity contribution in [3.63, 3.8) is 0 Å². The van der Waals surface area contributed by atoms with Crippen molar-refractivity contribution >= 4 is 26.7 Å². The second-order valence-corrected chi connectivity index (χ2v) is 3.86. The van der Waals surface area contributed by atoms with Gasteiger partial charge >= 0.3 is 6.55 Å². The van der Waals surface area contributed by atoms with Gasteiger partial charge in [0.1, 0.15) is 0 Å². The van der Waals surface area contributed by atoms with Crippen LogP contribution < -0.4 is 5.56 Å². The number of aromatic nitrogens is 1. The number of hydrogen-bond donors (Lipinski definition) is 0. The SMILES string of the molecule is O=c1c2cccc(Br)c2ccn1C(F)F. The van der Waals surface area contributed by atoms with Gasteiger partial charge in [-0.25, -0.2) is 0 Å². The van der Waals surface area contributed by atoms with E-state index in [0.717, 1.165) is 10.7 Å². The van der Waals surface area contributed by atoms with Crippen LogP contribution in [-0.4, -0.2) is 4.57 Å². The van der Waals surface area contributed by atoms with E-state index in [2.05, 4.69) is 15.9 Å². The van der Waals surface area contributed by atoms with Gasteiger partial charge in [-0.2, -0.15) is 8.78 Å². The first-order valence-electron chi connectivity index (χ1n) is 4.19. The van der Waals surface area contributed by atoms with Gasteiger partial charge in [-0.05, 0) is 18.2 Å². The number of hydrogen-bond acceptors (Lipinski definition) is 1. The molecule has 1 heterocycles. The molecule has 15 heavy (non-hydrogen) atoms. The van der Waals surface area contributed by atoms with Crippen molar-refractivity contribution in [3.05, 3.63) is 45.3 Å². The van der Waals surface area contributed by atoms with Crippen LogP contribution in [0.15, 0.2) is 39.7 Å². The van der Waals surface area contributed by atoms with E-state index in [1.165, 1.54) is 12.1 Å². The van der Waals surface area contributed by atoms with Crippen molar-refractivity contribution in [3.8, 4) is 0 Å². The highest BCUT2D eigenvalue weighted by molar-refractivity contribution is 9.10. The van der Waals surface area contributed by atoms with E-state index in [4.69, 9.17) is 0 Å². The predicted octanol–water partition coefficient (Wildman–Crippen LogP) is 3.16. The Labute approximate surface area is 92.3 Å². The molecular formula is C10H6BrF2NO. The number of alkyl halides is 2. The second kappa shape index (κ2) is 3.73. The van der Waals surface area contributed by atoms with Crippen LogP contribution in [0.2, 0.25) is 0 Å². The van der Waals surface area contributed by atoms with Crippen molar-refractivity contribution in [1.82, 2.24) is 4.57 Å². The second-order valence-electron chi connectivity index (χ2n) is 3.01. The molecule has 2 rings (SSSR count). The molecule has 0 unspecified atom stereocenters. The van der Waals surface area contributed by atoms with E-state index >= 15 is 0 Å². The predicted molar refractivity (Wildman–Crippen MR) is 57.2 cm³/mol. The molecule has 0 aliphatic rings.